The van der Waals surface area contributed by atoms with Gasteiger partial charge in [0.15, 0.2) is 0 Å². The van der Waals surface area contributed by atoms with Crippen molar-refractivity contribution in [1.29, 1.82) is 5.26 Å². The quantitative estimate of drug-likeness (QED) is 0.733. The molecule has 2 atom stereocenters. The normalized spacial score (nSPS) is 19.0. The van der Waals surface area contributed by atoms with E-state index in [0.717, 1.165) is 53.6 Å². The maximum Gasteiger partial charge on any atom is 0.251 e. The van der Waals surface area contributed by atoms with Crippen LogP contribution in [0.25, 0.3) is 11.1 Å². The van der Waals surface area contributed by atoms with Gasteiger partial charge in [-0.05, 0) is 53.8 Å². The first-order chi connectivity index (χ1) is 14.1. The summed E-state index contributed by atoms with van der Waals surface area (Å²) in [7, 11) is 0. The van der Waals surface area contributed by atoms with Gasteiger partial charge in [-0.2, -0.15) is 5.26 Å². The molecule has 148 valence electrons. The number of piperidine rings is 1. The van der Waals surface area contributed by atoms with Gasteiger partial charge in [0, 0.05) is 18.5 Å². The van der Waals surface area contributed by atoms with Gasteiger partial charge in [-0.15, -0.1) is 0 Å². The molecule has 2 unspecified atom stereocenters. The zero-order valence-electron chi connectivity index (χ0n) is 16.2. The number of nitriles is 1. The fraction of sp³-hybridized carbons (Fsp3) is 0.348. The van der Waals surface area contributed by atoms with E-state index in [1.54, 1.807) is 0 Å². The van der Waals surface area contributed by atoms with E-state index in [1.165, 1.54) is 0 Å². The summed E-state index contributed by atoms with van der Waals surface area (Å²) in [5.41, 5.74) is 4.86. The van der Waals surface area contributed by atoms with Crippen LogP contribution in [0.5, 0.6) is 0 Å². The van der Waals surface area contributed by atoms with Crippen LogP contribution in [0.3, 0.4) is 0 Å². The third kappa shape index (κ3) is 4.30. The van der Waals surface area contributed by atoms with E-state index in [9.17, 15) is 14.9 Å². The minimum absolute atomic E-state index is 0.0186. The molecule has 1 saturated heterocycles. The Kier molecular flexibility index (Phi) is 5.59. The zero-order chi connectivity index (χ0) is 20.2. The lowest BCUT2D eigenvalue weighted by Crippen LogP contribution is -2.49. The van der Waals surface area contributed by atoms with E-state index < -0.39 is 6.04 Å². The Morgan fingerprint density at radius 3 is 2.69 bits per heavy atom. The first-order valence-electron chi connectivity index (χ1n) is 10.1. The number of hydrogen-bond acceptors (Lipinski definition) is 4. The average molecular weight is 388 g/mol. The molecule has 4 rings (SSSR count). The summed E-state index contributed by atoms with van der Waals surface area (Å²) >= 11 is 0. The van der Waals surface area contributed by atoms with Gasteiger partial charge < -0.3 is 16.0 Å². The summed E-state index contributed by atoms with van der Waals surface area (Å²) in [5.74, 6) is -0.107. The van der Waals surface area contributed by atoms with Crippen LogP contribution >= 0.6 is 0 Å². The number of hydrogen-bond donors (Lipinski definition) is 3. The van der Waals surface area contributed by atoms with Crippen molar-refractivity contribution in [3.8, 4) is 17.2 Å². The topological polar surface area (TPSA) is 94.0 Å². The van der Waals surface area contributed by atoms with Gasteiger partial charge >= 0.3 is 0 Å². The molecule has 1 fully saturated rings. The molecular formula is C23H24N4O2. The highest BCUT2D eigenvalue weighted by Gasteiger charge is 2.23. The Labute approximate surface area is 170 Å². The van der Waals surface area contributed by atoms with Gasteiger partial charge in [-0.3, -0.25) is 9.59 Å². The van der Waals surface area contributed by atoms with Crippen LogP contribution in [0, 0.1) is 11.3 Å². The molecule has 2 aliphatic heterocycles. The summed E-state index contributed by atoms with van der Waals surface area (Å²) in [6.07, 6.45) is 3.42. The van der Waals surface area contributed by atoms with Crippen LogP contribution in [-0.2, 0) is 17.8 Å². The molecule has 0 radical (unpaired) electrons. The minimum Gasteiger partial charge on any atom is -0.348 e. The van der Waals surface area contributed by atoms with Gasteiger partial charge in [-0.25, -0.2) is 0 Å². The smallest absolute Gasteiger partial charge is 0.251 e. The fourth-order valence-electron chi connectivity index (χ4n) is 3.96. The Hall–Kier alpha value is -3.17. The van der Waals surface area contributed by atoms with Crippen molar-refractivity contribution < 1.29 is 9.59 Å². The van der Waals surface area contributed by atoms with Crippen molar-refractivity contribution in [3.63, 3.8) is 0 Å². The van der Waals surface area contributed by atoms with E-state index in [1.807, 2.05) is 42.5 Å². The third-order valence-corrected chi connectivity index (χ3v) is 5.62. The van der Waals surface area contributed by atoms with Gasteiger partial charge in [0.1, 0.15) is 6.04 Å². The molecule has 0 spiro atoms. The second kappa shape index (κ2) is 8.46. The minimum atomic E-state index is -0.547. The third-order valence-electron chi connectivity index (χ3n) is 5.62. The molecular weight excluding hydrogens is 364 g/mol. The predicted octanol–water partition coefficient (Wildman–Crippen LogP) is 2.29. The van der Waals surface area contributed by atoms with Crippen LogP contribution in [0.1, 0.15) is 40.7 Å². The standard InChI is InChI=1S/C23H24N4O2/c24-13-19(27-23(29)21-3-1-2-10-25-21)11-15-4-6-16(7-5-15)17-8-9-20-18(12-17)14-26-22(20)28/h4-9,12,19,21,25H,1-3,10-11,14H2,(H,26,28)(H,27,29). The maximum absolute atomic E-state index is 12.4. The Morgan fingerprint density at radius 1 is 1.17 bits per heavy atom. The predicted molar refractivity (Wildman–Crippen MR) is 110 cm³/mol. The molecule has 0 aliphatic carbocycles. The number of carbonyl (C=O) groups is 2. The molecule has 6 nitrogen and oxygen atoms in total. The first kappa shape index (κ1) is 19.2. The highest BCUT2D eigenvalue weighted by atomic mass is 16.2. The van der Waals surface area contributed by atoms with Gasteiger partial charge in [-0.1, -0.05) is 36.8 Å². The second-order valence-corrected chi connectivity index (χ2v) is 7.65. The summed E-state index contributed by atoms with van der Waals surface area (Å²) in [6.45, 7) is 1.42. The molecule has 0 bridgehead atoms. The van der Waals surface area contributed by atoms with Crippen molar-refractivity contribution in [2.24, 2.45) is 0 Å². The van der Waals surface area contributed by atoms with E-state index >= 15 is 0 Å². The lowest BCUT2D eigenvalue weighted by atomic mass is 9.98. The van der Waals surface area contributed by atoms with Crippen molar-refractivity contribution in [2.45, 2.75) is 44.3 Å². The molecule has 2 amide bonds. The summed E-state index contributed by atoms with van der Waals surface area (Å²) in [6, 6.07) is 15.3. The SMILES string of the molecule is N#CC(Cc1ccc(-c2ccc3c(c2)CNC3=O)cc1)NC(=O)C1CCCCN1. The number of nitrogens with zero attached hydrogens (tertiary/aromatic N) is 1. The second-order valence-electron chi connectivity index (χ2n) is 7.65. The van der Waals surface area contributed by atoms with Crippen LogP contribution in [0.4, 0.5) is 0 Å². The van der Waals surface area contributed by atoms with Crippen molar-refractivity contribution in [2.75, 3.05) is 6.54 Å². The summed E-state index contributed by atoms with van der Waals surface area (Å²) in [5, 5.41) is 18.4. The summed E-state index contributed by atoms with van der Waals surface area (Å²) < 4.78 is 0. The monoisotopic (exact) mass is 388 g/mol. The van der Waals surface area contributed by atoms with Crippen LogP contribution in [0.2, 0.25) is 0 Å². The average Bonchev–Trinajstić information content (AvgIpc) is 3.14. The molecule has 2 aromatic carbocycles. The Balaban J connectivity index is 1.40. The number of amides is 2. The molecule has 0 saturated carbocycles. The van der Waals surface area contributed by atoms with Gasteiger partial charge in [0.2, 0.25) is 5.91 Å². The number of benzene rings is 2. The lowest BCUT2D eigenvalue weighted by Gasteiger charge is -2.23. The molecule has 29 heavy (non-hydrogen) atoms. The number of nitrogens with one attached hydrogen (secondary N) is 3. The zero-order valence-corrected chi connectivity index (χ0v) is 16.2. The van der Waals surface area contributed by atoms with E-state index in [4.69, 9.17) is 0 Å². The Morgan fingerprint density at radius 2 is 1.97 bits per heavy atom. The molecule has 6 heteroatoms. The van der Waals surface area contributed by atoms with Crippen molar-refractivity contribution >= 4 is 11.8 Å². The van der Waals surface area contributed by atoms with Crippen LogP contribution < -0.4 is 16.0 Å². The number of fused-ring (bicyclic) bond motifs is 1. The lowest BCUT2D eigenvalue weighted by molar-refractivity contribution is -0.124. The Bertz CT molecular complexity index is 956. The largest absolute Gasteiger partial charge is 0.348 e. The molecule has 2 aromatic rings. The maximum atomic E-state index is 12.4. The van der Waals surface area contributed by atoms with Crippen LogP contribution in [0.15, 0.2) is 42.5 Å². The molecule has 0 aromatic heterocycles. The fourth-order valence-corrected chi connectivity index (χ4v) is 3.96. The number of carbonyl (C=O) groups excluding carboxylic acids is 2. The molecule has 2 aliphatic rings. The highest BCUT2D eigenvalue weighted by molar-refractivity contribution is 5.98. The first-order valence-corrected chi connectivity index (χ1v) is 10.1. The van der Waals surface area contributed by atoms with E-state index in [2.05, 4.69) is 22.0 Å². The summed E-state index contributed by atoms with van der Waals surface area (Å²) in [4.78, 5) is 24.1. The van der Waals surface area contributed by atoms with Crippen LogP contribution in [-0.4, -0.2) is 30.4 Å². The van der Waals surface area contributed by atoms with E-state index in [-0.39, 0.29) is 17.9 Å². The highest BCUT2D eigenvalue weighted by Crippen LogP contribution is 2.25. The molecule has 3 N–H and O–H groups in total. The van der Waals surface area contributed by atoms with Crippen molar-refractivity contribution in [3.05, 3.63) is 59.2 Å². The van der Waals surface area contributed by atoms with Crippen molar-refractivity contribution in [1.82, 2.24) is 16.0 Å². The van der Waals surface area contributed by atoms with Gasteiger partial charge in [0.05, 0.1) is 12.1 Å². The molecule has 2 heterocycles. The number of rotatable bonds is 5. The van der Waals surface area contributed by atoms with E-state index in [0.29, 0.717) is 13.0 Å². The van der Waals surface area contributed by atoms with Gasteiger partial charge in [0.25, 0.3) is 5.91 Å².